The molecule has 0 aliphatic carbocycles. The minimum Gasteiger partial charge on any atom is -0.327 e. The summed E-state index contributed by atoms with van der Waals surface area (Å²) in [6.45, 7) is 0. The molecule has 142 valence electrons. The van der Waals surface area contributed by atoms with E-state index >= 15 is 0 Å². The van der Waals surface area contributed by atoms with Crippen LogP contribution < -0.4 is 10.6 Å². The van der Waals surface area contributed by atoms with Crippen LogP contribution >= 0.6 is 27.3 Å². The molecule has 2 amide bonds. The Balaban J connectivity index is 1.76. The minimum absolute atomic E-state index is 0.221. The lowest BCUT2D eigenvalue weighted by Gasteiger charge is -2.30. The van der Waals surface area contributed by atoms with Gasteiger partial charge < -0.3 is 10.6 Å². The Kier molecular flexibility index (Phi) is 4.66. The number of urea groups is 1. The van der Waals surface area contributed by atoms with Crippen LogP contribution in [0.25, 0.3) is 21.5 Å². The molecule has 29 heavy (non-hydrogen) atoms. The van der Waals surface area contributed by atoms with Crippen molar-refractivity contribution in [3.05, 3.63) is 99.5 Å². The SMILES string of the molecule is O=C1NC(c2ccccc2)=C(c2nc3ccccc3s2)[C@@H](c2ccc(Br)cc2)N1. The predicted molar refractivity (Wildman–Crippen MR) is 121 cm³/mol. The molecule has 0 unspecified atom stereocenters. The third-order valence-electron chi connectivity index (χ3n) is 4.86. The Morgan fingerprint density at radius 1 is 0.897 bits per heavy atom. The molecule has 5 rings (SSSR count). The van der Waals surface area contributed by atoms with Crippen LogP contribution in [0.15, 0.2) is 83.3 Å². The fraction of sp³-hybridized carbons (Fsp3) is 0.0435. The lowest BCUT2D eigenvalue weighted by atomic mass is 9.93. The van der Waals surface area contributed by atoms with Gasteiger partial charge in [0.25, 0.3) is 0 Å². The van der Waals surface area contributed by atoms with Crippen molar-refractivity contribution in [2.45, 2.75) is 6.04 Å². The summed E-state index contributed by atoms with van der Waals surface area (Å²) in [6.07, 6.45) is 0. The molecule has 0 fully saturated rings. The number of para-hydroxylation sites is 1. The zero-order valence-corrected chi connectivity index (χ0v) is 17.6. The lowest BCUT2D eigenvalue weighted by molar-refractivity contribution is 0.242. The largest absolute Gasteiger partial charge is 0.327 e. The van der Waals surface area contributed by atoms with Gasteiger partial charge in [-0.2, -0.15) is 0 Å². The van der Waals surface area contributed by atoms with Gasteiger partial charge in [0, 0.05) is 10.0 Å². The summed E-state index contributed by atoms with van der Waals surface area (Å²) in [5, 5.41) is 7.01. The number of thiazole rings is 1. The number of nitrogens with one attached hydrogen (secondary N) is 2. The third kappa shape index (κ3) is 3.45. The highest BCUT2D eigenvalue weighted by Gasteiger charge is 2.31. The number of benzene rings is 3. The molecule has 0 bridgehead atoms. The van der Waals surface area contributed by atoms with E-state index in [1.807, 2.05) is 72.8 Å². The Morgan fingerprint density at radius 2 is 1.62 bits per heavy atom. The first-order chi connectivity index (χ1) is 14.2. The maximum atomic E-state index is 12.6. The highest BCUT2D eigenvalue weighted by Crippen LogP contribution is 2.40. The quantitative estimate of drug-likeness (QED) is 0.394. The van der Waals surface area contributed by atoms with Gasteiger partial charge in [0.2, 0.25) is 0 Å². The molecule has 0 radical (unpaired) electrons. The first-order valence-electron chi connectivity index (χ1n) is 9.17. The predicted octanol–water partition coefficient (Wildman–Crippen LogP) is 5.98. The Bertz CT molecular complexity index is 1200. The molecule has 6 heteroatoms. The number of amides is 2. The number of halogens is 1. The molecule has 2 N–H and O–H groups in total. The van der Waals surface area contributed by atoms with Crippen LogP contribution in [0.3, 0.4) is 0 Å². The Morgan fingerprint density at radius 3 is 2.38 bits per heavy atom. The normalized spacial score (nSPS) is 16.6. The van der Waals surface area contributed by atoms with E-state index in [2.05, 4.69) is 32.6 Å². The fourth-order valence-electron chi connectivity index (χ4n) is 3.52. The number of aromatic nitrogens is 1. The third-order valence-corrected chi connectivity index (χ3v) is 6.46. The van der Waals surface area contributed by atoms with Gasteiger partial charge in [-0.15, -0.1) is 11.3 Å². The molecular formula is C23H16BrN3OS. The molecule has 1 aliphatic rings. The molecule has 0 spiro atoms. The summed E-state index contributed by atoms with van der Waals surface area (Å²) >= 11 is 5.13. The van der Waals surface area contributed by atoms with Crippen molar-refractivity contribution < 1.29 is 4.79 Å². The van der Waals surface area contributed by atoms with Gasteiger partial charge in [0.15, 0.2) is 0 Å². The van der Waals surface area contributed by atoms with Gasteiger partial charge in [0.1, 0.15) is 5.01 Å². The summed E-state index contributed by atoms with van der Waals surface area (Å²) < 4.78 is 2.11. The second kappa shape index (κ2) is 7.46. The van der Waals surface area contributed by atoms with Gasteiger partial charge in [0.05, 0.1) is 22.0 Å². The molecule has 1 atom stereocenters. The van der Waals surface area contributed by atoms with Crippen molar-refractivity contribution in [3.63, 3.8) is 0 Å². The molecule has 2 heterocycles. The van der Waals surface area contributed by atoms with Gasteiger partial charge in [-0.3, -0.25) is 0 Å². The van der Waals surface area contributed by atoms with E-state index in [0.29, 0.717) is 0 Å². The first kappa shape index (κ1) is 18.1. The molecule has 0 saturated carbocycles. The van der Waals surface area contributed by atoms with E-state index in [-0.39, 0.29) is 12.1 Å². The number of carbonyl (C=O) groups excluding carboxylic acids is 1. The maximum absolute atomic E-state index is 12.6. The van der Waals surface area contributed by atoms with Crippen molar-refractivity contribution in [3.8, 4) is 0 Å². The number of nitrogens with zero attached hydrogens (tertiary/aromatic N) is 1. The monoisotopic (exact) mass is 461 g/mol. The second-order valence-electron chi connectivity index (χ2n) is 6.72. The van der Waals surface area contributed by atoms with Crippen LogP contribution in [0.1, 0.15) is 22.2 Å². The topological polar surface area (TPSA) is 54.0 Å². The number of carbonyl (C=O) groups is 1. The van der Waals surface area contributed by atoms with E-state index in [9.17, 15) is 4.79 Å². The Labute approximate surface area is 180 Å². The smallest absolute Gasteiger partial charge is 0.320 e. The molecule has 0 saturated heterocycles. The average Bonchev–Trinajstić information content (AvgIpc) is 3.18. The zero-order valence-electron chi connectivity index (χ0n) is 15.2. The van der Waals surface area contributed by atoms with Crippen LogP contribution in [0, 0.1) is 0 Å². The summed E-state index contributed by atoms with van der Waals surface area (Å²) in [6, 6.07) is 25.5. The molecular weight excluding hydrogens is 446 g/mol. The molecule has 3 aromatic carbocycles. The van der Waals surface area contributed by atoms with E-state index in [4.69, 9.17) is 4.98 Å². The van der Waals surface area contributed by atoms with E-state index in [1.54, 1.807) is 11.3 Å². The number of hydrogen-bond donors (Lipinski definition) is 2. The number of fused-ring (bicyclic) bond motifs is 1. The second-order valence-corrected chi connectivity index (χ2v) is 8.67. The van der Waals surface area contributed by atoms with Crippen molar-refractivity contribution in [2.24, 2.45) is 0 Å². The van der Waals surface area contributed by atoms with Gasteiger partial charge in [-0.25, -0.2) is 9.78 Å². The summed E-state index contributed by atoms with van der Waals surface area (Å²) in [5.74, 6) is 0. The van der Waals surface area contributed by atoms with Crippen LogP contribution in [0.4, 0.5) is 4.79 Å². The van der Waals surface area contributed by atoms with Gasteiger partial charge in [-0.1, -0.05) is 70.5 Å². The zero-order chi connectivity index (χ0) is 19.8. The number of hydrogen-bond acceptors (Lipinski definition) is 3. The van der Waals surface area contributed by atoms with E-state index in [1.165, 1.54) is 0 Å². The molecule has 1 aliphatic heterocycles. The molecule has 4 aromatic rings. The van der Waals surface area contributed by atoms with Crippen molar-refractivity contribution in [1.29, 1.82) is 0 Å². The first-order valence-corrected chi connectivity index (χ1v) is 10.8. The minimum atomic E-state index is -0.299. The van der Waals surface area contributed by atoms with Crippen molar-refractivity contribution >= 4 is 54.8 Å². The highest BCUT2D eigenvalue weighted by molar-refractivity contribution is 9.10. The summed E-state index contributed by atoms with van der Waals surface area (Å²) in [5.41, 5.74) is 4.68. The van der Waals surface area contributed by atoms with Gasteiger partial charge in [-0.05, 0) is 35.4 Å². The lowest BCUT2D eigenvalue weighted by Crippen LogP contribution is -2.42. The van der Waals surface area contributed by atoms with Crippen LogP contribution in [-0.2, 0) is 0 Å². The van der Waals surface area contributed by atoms with Crippen LogP contribution in [0.5, 0.6) is 0 Å². The van der Waals surface area contributed by atoms with Gasteiger partial charge >= 0.3 is 6.03 Å². The highest BCUT2D eigenvalue weighted by atomic mass is 79.9. The number of rotatable bonds is 3. The average molecular weight is 462 g/mol. The fourth-order valence-corrected chi connectivity index (χ4v) is 4.83. The van der Waals surface area contributed by atoms with Crippen molar-refractivity contribution in [2.75, 3.05) is 0 Å². The summed E-state index contributed by atoms with van der Waals surface area (Å²) in [4.78, 5) is 17.5. The Hall–Kier alpha value is -2.96. The maximum Gasteiger partial charge on any atom is 0.320 e. The van der Waals surface area contributed by atoms with Crippen LogP contribution in [-0.4, -0.2) is 11.0 Å². The summed E-state index contributed by atoms with van der Waals surface area (Å²) in [7, 11) is 0. The standard InChI is InChI=1S/C23H16BrN3OS/c24-16-12-10-15(11-13-16)21-19(22-25-17-8-4-5-9-18(17)29-22)20(26-23(28)27-21)14-6-2-1-3-7-14/h1-13,21H,(H2,26,27,28)/t21-/m1/s1. The molecule has 1 aromatic heterocycles. The van der Waals surface area contributed by atoms with E-state index in [0.717, 1.165) is 42.1 Å². The van der Waals surface area contributed by atoms with Crippen LogP contribution in [0.2, 0.25) is 0 Å². The van der Waals surface area contributed by atoms with Crippen molar-refractivity contribution in [1.82, 2.24) is 15.6 Å². The van der Waals surface area contributed by atoms with E-state index < -0.39 is 0 Å². The molecule has 4 nitrogen and oxygen atoms in total.